The van der Waals surface area contributed by atoms with Crippen molar-refractivity contribution in [3.63, 3.8) is 0 Å². The molecule has 2 aliphatic heterocycles. The molecular formula is C37H48FN7O. The molecule has 3 heterocycles. The summed E-state index contributed by atoms with van der Waals surface area (Å²) >= 11 is 0. The van der Waals surface area contributed by atoms with Gasteiger partial charge in [-0.2, -0.15) is 5.26 Å². The first kappa shape index (κ1) is 32.1. The third-order valence-corrected chi connectivity index (χ3v) is 11.0. The molecule has 244 valence electrons. The van der Waals surface area contributed by atoms with Gasteiger partial charge in [-0.3, -0.25) is 0 Å². The van der Waals surface area contributed by atoms with Crippen LogP contribution >= 0.6 is 0 Å². The number of nitrogens with one attached hydrogen (secondary N) is 2. The quantitative estimate of drug-likeness (QED) is 0.304. The second-order valence-corrected chi connectivity index (χ2v) is 13.7. The molecule has 8 nitrogen and oxygen atoms in total. The van der Waals surface area contributed by atoms with Crippen molar-refractivity contribution >= 4 is 11.7 Å². The number of anilines is 1. The number of likely N-dealkylation sites (tertiary alicyclic amines) is 1. The van der Waals surface area contributed by atoms with E-state index in [1.165, 1.54) is 5.69 Å². The number of hydrogen-bond acceptors (Lipinski definition) is 5. The summed E-state index contributed by atoms with van der Waals surface area (Å²) in [7, 11) is 1.67. The van der Waals surface area contributed by atoms with Crippen LogP contribution in [0.3, 0.4) is 0 Å². The number of halogens is 1. The molecule has 3 atom stereocenters. The van der Waals surface area contributed by atoms with Crippen LogP contribution in [0.5, 0.6) is 0 Å². The Bertz CT molecular complexity index is 1530. The minimum Gasteiger partial charge on any atom is -0.371 e. The van der Waals surface area contributed by atoms with Crippen molar-refractivity contribution in [1.29, 1.82) is 5.26 Å². The van der Waals surface area contributed by atoms with E-state index in [1.807, 2.05) is 37.3 Å². The highest BCUT2D eigenvalue weighted by molar-refractivity contribution is 5.73. The van der Waals surface area contributed by atoms with Gasteiger partial charge in [-0.05, 0) is 99.5 Å². The summed E-state index contributed by atoms with van der Waals surface area (Å²) in [6, 6.07) is 17.3. The van der Waals surface area contributed by atoms with E-state index in [4.69, 9.17) is 10.2 Å². The molecule has 2 saturated heterocycles. The Morgan fingerprint density at radius 2 is 1.87 bits per heavy atom. The smallest absolute Gasteiger partial charge is 0.314 e. The first-order chi connectivity index (χ1) is 22.3. The van der Waals surface area contributed by atoms with Crippen molar-refractivity contribution in [2.45, 2.75) is 70.4 Å². The average Bonchev–Trinajstić information content (AvgIpc) is 3.67. The number of benzene rings is 2. The number of piperidine rings is 1. The number of amides is 2. The maximum atomic E-state index is 15.1. The summed E-state index contributed by atoms with van der Waals surface area (Å²) < 4.78 is 17.4. The SMILES string of the molecule is CCc1nc(C)cn1C[C@@](c1cccc(F)c1)(C1CCN(CC2CN(c3ccc(C#N)cc3)C2)CC1)[C@H]1CCC[C@@H]1NC(=O)NC. The van der Waals surface area contributed by atoms with Gasteiger partial charge in [0.1, 0.15) is 11.6 Å². The molecular weight excluding hydrogens is 577 g/mol. The molecule has 2 aromatic carbocycles. The van der Waals surface area contributed by atoms with Gasteiger partial charge >= 0.3 is 6.03 Å². The van der Waals surface area contributed by atoms with Gasteiger partial charge in [0, 0.05) is 68.9 Å². The first-order valence-corrected chi connectivity index (χ1v) is 17.1. The number of urea groups is 1. The second kappa shape index (κ2) is 13.8. The van der Waals surface area contributed by atoms with Gasteiger partial charge in [-0.15, -0.1) is 0 Å². The van der Waals surface area contributed by atoms with Gasteiger partial charge in [0.2, 0.25) is 0 Å². The fourth-order valence-electron chi connectivity index (χ4n) is 8.79. The summed E-state index contributed by atoms with van der Waals surface area (Å²) in [6.45, 7) is 10.1. The van der Waals surface area contributed by atoms with Gasteiger partial charge in [-0.1, -0.05) is 25.5 Å². The standard InChI is InChI=1S/C37H48FN7O/c1-4-35-41-26(2)21-45(35)25-37(30-7-5-8-31(38)19-30,33-9-6-10-34(33)42-36(46)40-3)29-15-17-43(18-16-29)22-28-23-44(24-28)32-13-11-27(20-39)12-14-32/h5,7-8,11-14,19,21,28-29,33-34H,4,6,9-10,15-18,22-25H2,1-3H3,(H2,40,42,46)/t33-,34-,37-/m0/s1. The van der Waals surface area contributed by atoms with Gasteiger partial charge in [0.05, 0.1) is 17.3 Å². The summed E-state index contributed by atoms with van der Waals surface area (Å²) in [5, 5.41) is 15.2. The lowest BCUT2D eigenvalue weighted by molar-refractivity contribution is 0.0560. The number of hydrogen-bond donors (Lipinski definition) is 2. The molecule has 0 bridgehead atoms. The van der Waals surface area contributed by atoms with Crippen LogP contribution in [0.15, 0.2) is 54.7 Å². The lowest BCUT2D eigenvalue weighted by Crippen LogP contribution is -2.57. The first-order valence-electron chi connectivity index (χ1n) is 17.1. The van der Waals surface area contributed by atoms with Crippen LogP contribution in [0.4, 0.5) is 14.9 Å². The van der Waals surface area contributed by atoms with Crippen molar-refractivity contribution < 1.29 is 9.18 Å². The van der Waals surface area contributed by atoms with Gasteiger partial charge in [-0.25, -0.2) is 14.2 Å². The van der Waals surface area contributed by atoms with Crippen molar-refractivity contribution in [1.82, 2.24) is 25.1 Å². The number of rotatable bonds is 10. The topological polar surface area (TPSA) is 89.2 Å². The lowest BCUT2D eigenvalue weighted by atomic mass is 9.58. The van der Waals surface area contributed by atoms with Crippen molar-refractivity contribution in [3.05, 3.63) is 83.2 Å². The molecule has 46 heavy (non-hydrogen) atoms. The number of carbonyl (C=O) groups is 1. The second-order valence-electron chi connectivity index (χ2n) is 13.7. The largest absolute Gasteiger partial charge is 0.371 e. The van der Waals surface area contributed by atoms with Gasteiger partial charge in [0.25, 0.3) is 0 Å². The molecule has 1 aromatic heterocycles. The van der Waals surface area contributed by atoms with Crippen molar-refractivity contribution in [2.75, 3.05) is 44.7 Å². The molecule has 1 saturated carbocycles. The number of carbonyl (C=O) groups excluding carboxylic acids is 1. The normalized spacial score (nSPS) is 22.2. The molecule has 1 aliphatic carbocycles. The number of imidazole rings is 1. The van der Waals surface area contributed by atoms with E-state index >= 15 is 4.39 Å². The summed E-state index contributed by atoms with van der Waals surface area (Å²) in [4.78, 5) is 22.5. The minimum absolute atomic E-state index is 0.0131. The fraction of sp³-hybridized carbons (Fsp3) is 0.541. The zero-order valence-corrected chi connectivity index (χ0v) is 27.5. The molecule has 9 heteroatoms. The van der Waals surface area contributed by atoms with Crippen LogP contribution in [0.1, 0.15) is 61.7 Å². The molecule has 3 aromatic rings. The molecule has 2 amide bonds. The molecule has 0 spiro atoms. The Morgan fingerprint density at radius 1 is 1.11 bits per heavy atom. The zero-order valence-electron chi connectivity index (χ0n) is 27.5. The number of nitriles is 1. The summed E-state index contributed by atoms with van der Waals surface area (Å²) in [6.07, 6.45) is 8.01. The highest BCUT2D eigenvalue weighted by atomic mass is 19.1. The predicted octanol–water partition coefficient (Wildman–Crippen LogP) is 5.65. The van der Waals surface area contributed by atoms with Crippen LogP contribution in [-0.4, -0.2) is 66.3 Å². The molecule has 2 N–H and O–H groups in total. The third-order valence-electron chi connectivity index (χ3n) is 11.0. The van der Waals surface area contributed by atoms with E-state index in [2.05, 4.69) is 50.3 Å². The van der Waals surface area contributed by atoms with E-state index < -0.39 is 0 Å². The highest BCUT2D eigenvalue weighted by Gasteiger charge is 2.52. The molecule has 0 radical (unpaired) electrons. The predicted molar refractivity (Wildman–Crippen MR) is 179 cm³/mol. The molecule has 0 unspecified atom stereocenters. The maximum Gasteiger partial charge on any atom is 0.314 e. The third kappa shape index (κ3) is 6.50. The molecule has 6 rings (SSSR count). The van der Waals surface area contributed by atoms with Crippen LogP contribution in [0.25, 0.3) is 0 Å². The monoisotopic (exact) mass is 625 g/mol. The highest BCUT2D eigenvalue weighted by Crippen LogP contribution is 2.52. The van der Waals surface area contributed by atoms with E-state index in [0.29, 0.717) is 17.4 Å². The minimum atomic E-state index is -0.365. The van der Waals surface area contributed by atoms with Crippen LogP contribution < -0.4 is 15.5 Å². The zero-order chi connectivity index (χ0) is 32.3. The van der Waals surface area contributed by atoms with Gasteiger partial charge in [0.15, 0.2) is 0 Å². The van der Waals surface area contributed by atoms with E-state index in [0.717, 1.165) is 94.9 Å². The summed E-state index contributed by atoms with van der Waals surface area (Å²) in [5.41, 5.74) is 3.57. The van der Waals surface area contributed by atoms with Crippen molar-refractivity contribution in [3.8, 4) is 6.07 Å². The lowest BCUT2D eigenvalue weighted by Gasteiger charge is -2.51. The average molecular weight is 626 g/mol. The van der Waals surface area contributed by atoms with Crippen LogP contribution in [0.2, 0.25) is 0 Å². The van der Waals surface area contributed by atoms with E-state index in [9.17, 15) is 4.79 Å². The Morgan fingerprint density at radius 3 is 2.54 bits per heavy atom. The summed E-state index contributed by atoms with van der Waals surface area (Å²) in [5.74, 6) is 1.97. The molecule has 3 aliphatic rings. The fourth-order valence-corrected chi connectivity index (χ4v) is 8.79. The van der Waals surface area contributed by atoms with Gasteiger partial charge < -0.3 is 25.0 Å². The maximum absolute atomic E-state index is 15.1. The van der Waals surface area contributed by atoms with Crippen LogP contribution in [-0.2, 0) is 18.4 Å². The Hall–Kier alpha value is -3.90. The number of aryl methyl sites for hydroxylation is 2. The number of aromatic nitrogens is 2. The number of nitrogens with zero attached hydrogens (tertiary/aromatic N) is 5. The van der Waals surface area contributed by atoms with Crippen LogP contribution in [0, 0.1) is 41.8 Å². The molecule has 3 fully saturated rings. The Balaban J connectivity index is 1.25. The van der Waals surface area contributed by atoms with Crippen molar-refractivity contribution in [2.24, 2.45) is 17.8 Å². The Kier molecular flexibility index (Phi) is 9.65. The Labute approximate surface area is 273 Å². The van der Waals surface area contributed by atoms with E-state index in [1.54, 1.807) is 19.2 Å². The van der Waals surface area contributed by atoms with E-state index in [-0.39, 0.29) is 29.2 Å².